The SMILES string of the molecule is CN(CC(=O)Nc1cccc(Nc2ccccc2)c1)C1=NS(=O)(=O)c2ccccc21. The van der Waals surface area contributed by atoms with Crippen LogP contribution in [0.4, 0.5) is 17.1 Å². The van der Waals surface area contributed by atoms with E-state index in [2.05, 4.69) is 15.0 Å². The molecule has 0 fully saturated rings. The van der Waals surface area contributed by atoms with Gasteiger partial charge in [0.15, 0.2) is 5.84 Å². The van der Waals surface area contributed by atoms with Gasteiger partial charge in [0, 0.05) is 29.7 Å². The second-order valence-corrected chi connectivity index (χ2v) is 8.43. The number of nitrogens with zero attached hydrogens (tertiary/aromatic N) is 2. The van der Waals surface area contributed by atoms with Crippen molar-refractivity contribution in [1.29, 1.82) is 0 Å². The van der Waals surface area contributed by atoms with Crippen molar-refractivity contribution >= 4 is 38.8 Å². The maximum atomic E-state index is 12.5. The molecular formula is C22H20N4O3S. The molecular weight excluding hydrogens is 400 g/mol. The van der Waals surface area contributed by atoms with Crippen molar-refractivity contribution in [1.82, 2.24) is 4.90 Å². The molecule has 4 rings (SSSR count). The molecule has 0 aliphatic carbocycles. The molecule has 3 aromatic carbocycles. The quantitative estimate of drug-likeness (QED) is 0.660. The van der Waals surface area contributed by atoms with Crippen LogP contribution in [0.2, 0.25) is 0 Å². The normalized spacial score (nSPS) is 13.8. The number of benzene rings is 3. The van der Waals surface area contributed by atoms with Crippen LogP contribution in [-0.2, 0) is 14.8 Å². The zero-order valence-electron chi connectivity index (χ0n) is 16.2. The molecule has 0 saturated heterocycles. The Balaban J connectivity index is 1.44. The minimum absolute atomic E-state index is 0.0426. The molecule has 7 nitrogen and oxygen atoms in total. The number of anilines is 3. The summed E-state index contributed by atoms with van der Waals surface area (Å²) in [7, 11) is -2.08. The van der Waals surface area contributed by atoms with Gasteiger partial charge in [-0.2, -0.15) is 8.42 Å². The van der Waals surface area contributed by atoms with E-state index in [4.69, 9.17) is 0 Å². The number of amidine groups is 1. The number of rotatable bonds is 5. The van der Waals surface area contributed by atoms with Gasteiger partial charge in [-0.25, -0.2) is 0 Å². The van der Waals surface area contributed by atoms with Gasteiger partial charge in [0.05, 0.1) is 6.54 Å². The van der Waals surface area contributed by atoms with E-state index in [1.54, 1.807) is 31.3 Å². The van der Waals surface area contributed by atoms with Crippen LogP contribution in [-0.4, -0.2) is 38.7 Å². The van der Waals surface area contributed by atoms with Crippen LogP contribution in [0.3, 0.4) is 0 Å². The molecule has 0 atom stereocenters. The summed E-state index contributed by atoms with van der Waals surface area (Å²) in [6.07, 6.45) is 0. The second kappa shape index (κ2) is 8.00. The number of likely N-dealkylation sites (N-methyl/N-ethyl adjacent to an activating group) is 1. The number of sulfonamides is 1. The Morgan fingerprint density at radius 3 is 2.37 bits per heavy atom. The number of nitrogens with one attached hydrogen (secondary N) is 2. The summed E-state index contributed by atoms with van der Waals surface area (Å²) in [5.41, 5.74) is 2.92. The fraction of sp³-hybridized carbons (Fsp3) is 0.0909. The molecule has 1 aliphatic rings. The summed E-state index contributed by atoms with van der Waals surface area (Å²) in [6, 6.07) is 23.7. The highest BCUT2D eigenvalue weighted by Crippen LogP contribution is 2.27. The highest BCUT2D eigenvalue weighted by Gasteiger charge is 2.30. The predicted octanol–water partition coefficient (Wildman–Crippen LogP) is 3.45. The molecule has 3 aromatic rings. The fourth-order valence-corrected chi connectivity index (χ4v) is 4.47. The molecule has 0 bridgehead atoms. The van der Waals surface area contributed by atoms with E-state index in [-0.39, 0.29) is 23.2 Å². The van der Waals surface area contributed by atoms with E-state index >= 15 is 0 Å². The third kappa shape index (κ3) is 4.18. The van der Waals surface area contributed by atoms with Crippen LogP contribution in [0.5, 0.6) is 0 Å². The van der Waals surface area contributed by atoms with E-state index < -0.39 is 10.0 Å². The number of hydrogen-bond donors (Lipinski definition) is 2. The van der Waals surface area contributed by atoms with Gasteiger partial charge in [0.2, 0.25) is 5.91 Å². The average Bonchev–Trinajstić information content (AvgIpc) is 3.00. The Kier molecular flexibility index (Phi) is 5.24. The number of carbonyl (C=O) groups excluding carboxylic acids is 1. The van der Waals surface area contributed by atoms with Gasteiger partial charge in [-0.15, -0.1) is 4.40 Å². The van der Waals surface area contributed by atoms with Crippen molar-refractivity contribution in [3.8, 4) is 0 Å². The van der Waals surface area contributed by atoms with Gasteiger partial charge in [-0.05, 0) is 42.5 Å². The molecule has 2 N–H and O–H groups in total. The largest absolute Gasteiger partial charge is 0.355 e. The van der Waals surface area contributed by atoms with E-state index in [0.29, 0.717) is 11.3 Å². The van der Waals surface area contributed by atoms with E-state index in [9.17, 15) is 13.2 Å². The topological polar surface area (TPSA) is 90.9 Å². The molecule has 0 spiro atoms. The van der Waals surface area contributed by atoms with Gasteiger partial charge < -0.3 is 15.5 Å². The fourth-order valence-electron chi connectivity index (χ4n) is 3.22. The lowest BCUT2D eigenvalue weighted by Crippen LogP contribution is -2.34. The lowest BCUT2D eigenvalue weighted by molar-refractivity contribution is -0.116. The lowest BCUT2D eigenvalue weighted by atomic mass is 10.2. The zero-order chi connectivity index (χ0) is 21.1. The number of carbonyl (C=O) groups is 1. The summed E-state index contributed by atoms with van der Waals surface area (Å²) in [4.78, 5) is 14.2. The first kappa shape index (κ1) is 19.7. The van der Waals surface area contributed by atoms with Gasteiger partial charge in [0.25, 0.3) is 10.0 Å². The van der Waals surface area contributed by atoms with Crippen LogP contribution >= 0.6 is 0 Å². The summed E-state index contributed by atoms with van der Waals surface area (Å²) in [5.74, 6) is -0.0147. The molecule has 152 valence electrons. The zero-order valence-corrected chi connectivity index (χ0v) is 17.1. The van der Waals surface area contributed by atoms with E-state index in [1.807, 2.05) is 48.5 Å². The molecule has 1 aliphatic heterocycles. The maximum absolute atomic E-state index is 12.5. The van der Waals surface area contributed by atoms with E-state index in [0.717, 1.165) is 11.4 Å². The Hall–Kier alpha value is -3.65. The number of hydrogen-bond acceptors (Lipinski definition) is 5. The van der Waals surface area contributed by atoms with Crippen molar-refractivity contribution in [2.24, 2.45) is 4.40 Å². The molecule has 0 aromatic heterocycles. The van der Waals surface area contributed by atoms with Gasteiger partial charge in [0.1, 0.15) is 4.90 Å². The Bertz CT molecular complexity index is 1220. The summed E-state index contributed by atoms with van der Waals surface area (Å²) in [6.45, 7) is -0.0426. The third-order valence-corrected chi connectivity index (χ3v) is 5.89. The average molecular weight is 420 g/mol. The Morgan fingerprint density at radius 2 is 1.57 bits per heavy atom. The monoisotopic (exact) mass is 420 g/mol. The first-order valence-corrected chi connectivity index (χ1v) is 10.7. The predicted molar refractivity (Wildman–Crippen MR) is 118 cm³/mol. The van der Waals surface area contributed by atoms with Crippen molar-refractivity contribution in [3.63, 3.8) is 0 Å². The van der Waals surface area contributed by atoms with Crippen LogP contribution in [0, 0.1) is 0 Å². The van der Waals surface area contributed by atoms with Gasteiger partial charge in [-0.3, -0.25) is 4.79 Å². The molecule has 1 heterocycles. The molecule has 0 saturated carbocycles. The highest BCUT2D eigenvalue weighted by atomic mass is 32.2. The van der Waals surface area contributed by atoms with Crippen LogP contribution in [0.1, 0.15) is 5.56 Å². The minimum Gasteiger partial charge on any atom is -0.355 e. The summed E-state index contributed by atoms with van der Waals surface area (Å²) < 4.78 is 28.3. The highest BCUT2D eigenvalue weighted by molar-refractivity contribution is 7.90. The van der Waals surface area contributed by atoms with Crippen molar-refractivity contribution in [2.75, 3.05) is 24.2 Å². The molecule has 1 amide bonds. The van der Waals surface area contributed by atoms with Gasteiger partial charge in [-0.1, -0.05) is 36.4 Å². The molecule has 0 unspecified atom stereocenters. The number of para-hydroxylation sites is 1. The molecule has 0 radical (unpaired) electrons. The van der Waals surface area contributed by atoms with Gasteiger partial charge >= 0.3 is 0 Å². The van der Waals surface area contributed by atoms with Crippen molar-refractivity contribution < 1.29 is 13.2 Å². The van der Waals surface area contributed by atoms with E-state index in [1.165, 1.54) is 11.0 Å². The first-order chi connectivity index (χ1) is 14.4. The maximum Gasteiger partial charge on any atom is 0.285 e. The summed E-state index contributed by atoms with van der Waals surface area (Å²) in [5, 5.41) is 6.12. The second-order valence-electron chi connectivity index (χ2n) is 6.86. The first-order valence-electron chi connectivity index (χ1n) is 9.30. The molecule has 30 heavy (non-hydrogen) atoms. The summed E-state index contributed by atoms with van der Waals surface area (Å²) >= 11 is 0. The van der Waals surface area contributed by atoms with Crippen molar-refractivity contribution in [3.05, 3.63) is 84.4 Å². The van der Waals surface area contributed by atoms with Crippen molar-refractivity contribution in [2.45, 2.75) is 4.90 Å². The van der Waals surface area contributed by atoms with Crippen LogP contribution < -0.4 is 10.6 Å². The Morgan fingerprint density at radius 1 is 0.900 bits per heavy atom. The smallest absolute Gasteiger partial charge is 0.285 e. The minimum atomic E-state index is -3.72. The molecule has 8 heteroatoms. The number of fused-ring (bicyclic) bond motifs is 1. The Labute approximate surface area is 175 Å². The number of amides is 1. The third-order valence-electron chi connectivity index (χ3n) is 4.56. The lowest BCUT2D eigenvalue weighted by Gasteiger charge is -2.18. The van der Waals surface area contributed by atoms with Crippen LogP contribution in [0.15, 0.2) is 88.2 Å². The van der Waals surface area contributed by atoms with Crippen LogP contribution in [0.25, 0.3) is 0 Å². The standard InChI is InChI=1S/C22H20N4O3S/c1-26(22-19-12-5-6-13-20(19)30(28,29)25-22)15-21(27)24-18-11-7-10-17(14-18)23-16-8-3-2-4-9-16/h2-14,23H,15H2,1H3,(H,24,27).